The zero-order chi connectivity index (χ0) is 19.4. The van der Waals surface area contributed by atoms with Crippen molar-refractivity contribution in [1.29, 1.82) is 0 Å². The van der Waals surface area contributed by atoms with Crippen molar-refractivity contribution in [2.24, 2.45) is 0 Å². The van der Waals surface area contributed by atoms with Gasteiger partial charge in [0.1, 0.15) is 6.04 Å². The first-order chi connectivity index (χ1) is 13.0. The predicted molar refractivity (Wildman–Crippen MR) is 115 cm³/mol. The van der Waals surface area contributed by atoms with Crippen molar-refractivity contribution in [3.05, 3.63) is 64.7 Å². The molecule has 1 aliphatic rings. The number of likely N-dealkylation sites (N-methyl/N-ethyl adjacent to an activating group) is 1. The molecule has 3 rings (SSSR count). The normalized spacial score (nSPS) is 17.2. The maximum absolute atomic E-state index is 13.3. The highest BCUT2D eigenvalue weighted by Gasteiger charge is 2.32. The van der Waals surface area contributed by atoms with Crippen molar-refractivity contribution in [1.82, 2.24) is 10.6 Å². The second kappa shape index (κ2) is 9.92. The standard InChI is InChI=1S/C21H24ClN3O2.ClH/c1-14(23-2)20(26)24-18-12-11-15-7-4-6-10-19(15)25(21(18)27)13-16-8-3-5-9-17(16)22;/h3-10,14,18,23H,11-13H2,1-2H3,(H,24,26);1H/t14-,18-;/m0./s1. The van der Waals surface area contributed by atoms with Gasteiger partial charge < -0.3 is 15.5 Å². The van der Waals surface area contributed by atoms with E-state index < -0.39 is 6.04 Å². The van der Waals surface area contributed by atoms with Gasteiger partial charge in [0.25, 0.3) is 0 Å². The third-order valence-corrected chi connectivity index (χ3v) is 5.35. The van der Waals surface area contributed by atoms with Crippen LogP contribution >= 0.6 is 24.0 Å². The number of hydrogen-bond donors (Lipinski definition) is 2. The van der Waals surface area contributed by atoms with Crippen molar-refractivity contribution >= 4 is 41.5 Å². The third kappa shape index (κ3) is 4.85. The van der Waals surface area contributed by atoms with Crippen LogP contribution < -0.4 is 15.5 Å². The van der Waals surface area contributed by atoms with Gasteiger partial charge in [0.2, 0.25) is 11.8 Å². The number of nitrogens with zero attached hydrogens (tertiary/aromatic N) is 1. The van der Waals surface area contributed by atoms with Gasteiger partial charge in [0.15, 0.2) is 0 Å². The molecule has 0 fully saturated rings. The number of nitrogens with one attached hydrogen (secondary N) is 2. The Bertz CT molecular complexity index is 844. The number of hydrogen-bond acceptors (Lipinski definition) is 3. The highest BCUT2D eigenvalue weighted by Crippen LogP contribution is 2.30. The fourth-order valence-electron chi connectivity index (χ4n) is 3.24. The molecule has 5 nitrogen and oxygen atoms in total. The summed E-state index contributed by atoms with van der Waals surface area (Å²) in [6.45, 7) is 2.14. The molecule has 2 N–H and O–H groups in total. The van der Waals surface area contributed by atoms with Crippen LogP contribution in [-0.4, -0.2) is 30.9 Å². The Morgan fingerprint density at radius 3 is 2.61 bits per heavy atom. The number of anilines is 1. The number of fused-ring (bicyclic) bond motifs is 1. The molecule has 1 aliphatic heterocycles. The quantitative estimate of drug-likeness (QED) is 0.777. The summed E-state index contributed by atoms with van der Waals surface area (Å²) in [6.07, 6.45) is 1.29. The lowest BCUT2D eigenvalue weighted by atomic mass is 10.1. The molecule has 0 aromatic heterocycles. The third-order valence-electron chi connectivity index (χ3n) is 4.98. The van der Waals surface area contributed by atoms with Gasteiger partial charge in [-0.3, -0.25) is 9.59 Å². The van der Waals surface area contributed by atoms with Crippen LogP contribution in [0.4, 0.5) is 5.69 Å². The van der Waals surface area contributed by atoms with Crippen LogP contribution in [0.25, 0.3) is 0 Å². The van der Waals surface area contributed by atoms with Crippen LogP contribution in [0, 0.1) is 0 Å². The van der Waals surface area contributed by atoms with Crippen molar-refractivity contribution in [2.45, 2.75) is 38.4 Å². The van der Waals surface area contributed by atoms with E-state index in [0.717, 1.165) is 23.2 Å². The molecule has 0 spiro atoms. The van der Waals surface area contributed by atoms with Crippen LogP contribution in [0.15, 0.2) is 48.5 Å². The second-order valence-electron chi connectivity index (χ2n) is 6.75. The Labute approximate surface area is 176 Å². The van der Waals surface area contributed by atoms with Crippen LogP contribution in [-0.2, 0) is 22.6 Å². The summed E-state index contributed by atoms with van der Waals surface area (Å²) in [5.41, 5.74) is 2.84. The van der Waals surface area contributed by atoms with E-state index in [1.54, 1.807) is 18.9 Å². The van der Waals surface area contributed by atoms with E-state index in [9.17, 15) is 9.59 Å². The minimum atomic E-state index is -0.566. The molecule has 2 aromatic carbocycles. The molecule has 150 valence electrons. The summed E-state index contributed by atoms with van der Waals surface area (Å²) in [6, 6.07) is 14.5. The summed E-state index contributed by atoms with van der Waals surface area (Å²) in [5.74, 6) is -0.295. The number of carbonyl (C=O) groups is 2. The van der Waals surface area contributed by atoms with Gasteiger partial charge in [0.05, 0.1) is 12.6 Å². The van der Waals surface area contributed by atoms with E-state index in [-0.39, 0.29) is 30.3 Å². The average molecular weight is 422 g/mol. The first-order valence-corrected chi connectivity index (χ1v) is 9.49. The smallest absolute Gasteiger partial charge is 0.249 e. The lowest BCUT2D eigenvalue weighted by molar-refractivity contribution is -0.128. The van der Waals surface area contributed by atoms with Crippen molar-refractivity contribution in [2.75, 3.05) is 11.9 Å². The maximum Gasteiger partial charge on any atom is 0.249 e. The van der Waals surface area contributed by atoms with E-state index in [1.165, 1.54) is 0 Å². The Morgan fingerprint density at radius 1 is 1.21 bits per heavy atom. The molecule has 28 heavy (non-hydrogen) atoms. The molecule has 2 atom stereocenters. The molecular weight excluding hydrogens is 397 g/mol. The number of carbonyl (C=O) groups excluding carboxylic acids is 2. The van der Waals surface area contributed by atoms with Gasteiger partial charge in [0, 0.05) is 10.7 Å². The molecule has 0 aliphatic carbocycles. The van der Waals surface area contributed by atoms with Gasteiger partial charge >= 0.3 is 0 Å². The summed E-state index contributed by atoms with van der Waals surface area (Å²) < 4.78 is 0. The average Bonchev–Trinajstić information content (AvgIpc) is 2.81. The summed E-state index contributed by atoms with van der Waals surface area (Å²) in [7, 11) is 1.72. The zero-order valence-electron chi connectivity index (χ0n) is 15.9. The second-order valence-corrected chi connectivity index (χ2v) is 7.16. The zero-order valence-corrected chi connectivity index (χ0v) is 17.5. The fourth-order valence-corrected chi connectivity index (χ4v) is 3.43. The number of benzene rings is 2. The first-order valence-electron chi connectivity index (χ1n) is 9.11. The van der Waals surface area contributed by atoms with Gasteiger partial charge in [-0.25, -0.2) is 0 Å². The van der Waals surface area contributed by atoms with Gasteiger partial charge in [-0.2, -0.15) is 0 Å². The number of amides is 2. The fraction of sp³-hybridized carbons (Fsp3) is 0.333. The molecule has 2 amide bonds. The summed E-state index contributed by atoms with van der Waals surface area (Å²) >= 11 is 6.32. The number of rotatable bonds is 5. The Kier molecular flexibility index (Phi) is 7.87. The molecule has 0 saturated carbocycles. The molecule has 1 heterocycles. The summed E-state index contributed by atoms with van der Waals surface area (Å²) in [4.78, 5) is 27.4. The minimum absolute atomic E-state index is 0. The SMILES string of the molecule is CN[C@@H](C)C(=O)N[C@H]1CCc2ccccc2N(Cc2ccccc2Cl)C1=O.Cl. The number of para-hydroxylation sites is 1. The molecule has 7 heteroatoms. The Balaban J connectivity index is 0.00000280. The number of aryl methyl sites for hydroxylation is 1. The summed E-state index contributed by atoms with van der Waals surface area (Å²) in [5, 5.41) is 6.43. The monoisotopic (exact) mass is 421 g/mol. The molecule has 0 bridgehead atoms. The Hall–Kier alpha value is -2.08. The highest BCUT2D eigenvalue weighted by molar-refractivity contribution is 6.31. The van der Waals surface area contributed by atoms with Crippen molar-refractivity contribution in [3.63, 3.8) is 0 Å². The van der Waals surface area contributed by atoms with Crippen LogP contribution in [0.2, 0.25) is 5.02 Å². The minimum Gasteiger partial charge on any atom is -0.343 e. The van der Waals surface area contributed by atoms with Crippen molar-refractivity contribution in [3.8, 4) is 0 Å². The lowest BCUT2D eigenvalue weighted by Crippen LogP contribution is -2.52. The molecule has 2 aromatic rings. The van der Waals surface area contributed by atoms with Gasteiger partial charge in [-0.1, -0.05) is 48.0 Å². The van der Waals surface area contributed by atoms with Gasteiger partial charge in [-0.05, 0) is 50.1 Å². The van der Waals surface area contributed by atoms with Crippen LogP contribution in [0.1, 0.15) is 24.5 Å². The Morgan fingerprint density at radius 2 is 1.89 bits per heavy atom. The van der Waals surface area contributed by atoms with Crippen molar-refractivity contribution < 1.29 is 9.59 Å². The van der Waals surface area contributed by atoms with Crippen LogP contribution in [0.3, 0.4) is 0 Å². The predicted octanol–water partition coefficient (Wildman–Crippen LogP) is 3.33. The first kappa shape index (κ1) is 22.2. The molecule has 0 unspecified atom stereocenters. The maximum atomic E-state index is 13.3. The van der Waals surface area contributed by atoms with E-state index >= 15 is 0 Å². The van der Waals surface area contributed by atoms with E-state index in [2.05, 4.69) is 10.6 Å². The molecular formula is C21H25Cl2N3O2. The van der Waals surface area contributed by atoms with E-state index in [1.807, 2.05) is 48.5 Å². The highest BCUT2D eigenvalue weighted by atomic mass is 35.5. The topological polar surface area (TPSA) is 61.4 Å². The molecule has 0 radical (unpaired) electrons. The van der Waals surface area contributed by atoms with Gasteiger partial charge in [-0.15, -0.1) is 12.4 Å². The largest absolute Gasteiger partial charge is 0.343 e. The molecule has 0 saturated heterocycles. The van der Waals surface area contributed by atoms with E-state index in [0.29, 0.717) is 18.0 Å². The lowest BCUT2D eigenvalue weighted by Gasteiger charge is -2.27. The van der Waals surface area contributed by atoms with Crippen LogP contribution in [0.5, 0.6) is 0 Å². The van der Waals surface area contributed by atoms with E-state index in [4.69, 9.17) is 11.6 Å². The number of halogens is 2.